The highest BCUT2D eigenvalue weighted by molar-refractivity contribution is 5.90. The van der Waals surface area contributed by atoms with E-state index in [2.05, 4.69) is 18.2 Å². The van der Waals surface area contributed by atoms with E-state index in [1.165, 1.54) is 39.2 Å². The molecule has 1 unspecified atom stereocenters. The lowest BCUT2D eigenvalue weighted by atomic mass is 9.57. The summed E-state index contributed by atoms with van der Waals surface area (Å²) < 4.78 is 30.9. The molecule has 1 saturated heterocycles. The van der Waals surface area contributed by atoms with Gasteiger partial charge in [-0.2, -0.15) is 0 Å². The molecule has 0 amide bonds. The molecule has 3 fully saturated rings. The van der Waals surface area contributed by atoms with Gasteiger partial charge in [-0.1, -0.05) is 82.4 Å². The van der Waals surface area contributed by atoms with Crippen LogP contribution in [-0.4, -0.2) is 72.3 Å². The summed E-state index contributed by atoms with van der Waals surface area (Å²) in [7, 11) is 1.49. The SMILES string of the molecule is CO[C@H]1CC2C=C[C@H]3[C@H]4O[C@]2(/C(C)=C/[C@@H](C)[C@@H]([C@@H](C)OC(=O)CCCC2CCCCC2)OC1=O)[C@@H]3[C@H](O)[C@@H](C)[C@H]4OC(=O)C1=CC=CC1. The van der Waals surface area contributed by atoms with Crippen molar-refractivity contribution in [1.29, 1.82) is 0 Å². The maximum absolute atomic E-state index is 13.7. The Hall–Kier alpha value is -2.75. The minimum absolute atomic E-state index is 0.181. The Morgan fingerprint density at radius 3 is 2.62 bits per heavy atom. The summed E-state index contributed by atoms with van der Waals surface area (Å²) >= 11 is 0. The second-order valence-corrected chi connectivity index (χ2v) is 15.2. The Morgan fingerprint density at radius 1 is 1.15 bits per heavy atom. The van der Waals surface area contributed by atoms with Crippen molar-refractivity contribution in [2.75, 3.05) is 7.11 Å². The van der Waals surface area contributed by atoms with Gasteiger partial charge < -0.3 is 28.8 Å². The molecule has 0 aromatic heterocycles. The number of esters is 3. The zero-order chi connectivity index (χ0) is 34.2. The number of carbonyl (C=O) groups excluding carboxylic acids is 3. The average Bonchev–Trinajstić information content (AvgIpc) is 3.67. The fourth-order valence-electron chi connectivity index (χ4n) is 9.63. The molecule has 2 heterocycles. The number of rotatable bonds is 9. The molecule has 9 heteroatoms. The quantitative estimate of drug-likeness (QED) is 0.181. The lowest BCUT2D eigenvalue weighted by Crippen LogP contribution is -2.57. The van der Waals surface area contributed by atoms with Crippen molar-refractivity contribution in [2.45, 2.75) is 134 Å². The van der Waals surface area contributed by atoms with Gasteiger partial charge in [-0.3, -0.25) is 4.79 Å². The highest BCUT2D eigenvalue weighted by Crippen LogP contribution is 2.61. The monoisotopic (exact) mass is 666 g/mol. The van der Waals surface area contributed by atoms with Crippen molar-refractivity contribution in [3.63, 3.8) is 0 Å². The number of allylic oxidation sites excluding steroid dienone is 3. The second-order valence-electron chi connectivity index (χ2n) is 15.2. The minimum atomic E-state index is -0.959. The first kappa shape index (κ1) is 35.1. The van der Waals surface area contributed by atoms with Crippen LogP contribution in [0, 0.1) is 35.5 Å². The van der Waals surface area contributed by atoms with Gasteiger partial charge in [0.05, 0.1) is 6.10 Å². The Labute approximate surface area is 285 Å². The number of methoxy groups -OCH3 is 1. The Balaban J connectivity index is 1.24. The fraction of sp³-hybridized carbons (Fsp3) is 0.718. The summed E-state index contributed by atoms with van der Waals surface area (Å²) in [5.74, 6) is -2.01. The van der Waals surface area contributed by atoms with Crippen molar-refractivity contribution in [3.05, 3.63) is 47.6 Å². The summed E-state index contributed by atoms with van der Waals surface area (Å²) in [5, 5.41) is 12.0. The molecule has 2 aliphatic heterocycles. The van der Waals surface area contributed by atoms with Gasteiger partial charge in [0.15, 0.2) is 6.10 Å². The number of hydrogen-bond donors (Lipinski definition) is 1. The first-order valence-corrected chi connectivity index (χ1v) is 18.3. The maximum Gasteiger partial charge on any atom is 0.335 e. The van der Waals surface area contributed by atoms with E-state index in [-0.39, 0.29) is 47.9 Å². The van der Waals surface area contributed by atoms with Crippen LogP contribution in [0.3, 0.4) is 0 Å². The van der Waals surface area contributed by atoms with Gasteiger partial charge in [-0.15, -0.1) is 0 Å². The predicted octanol–water partition coefficient (Wildman–Crippen LogP) is 5.95. The fourth-order valence-corrected chi connectivity index (χ4v) is 9.63. The van der Waals surface area contributed by atoms with Crippen molar-refractivity contribution >= 4 is 17.9 Å². The van der Waals surface area contributed by atoms with Crippen LogP contribution in [0.2, 0.25) is 0 Å². The van der Waals surface area contributed by atoms with E-state index >= 15 is 0 Å². The normalized spacial score (nSPS) is 41.0. The maximum atomic E-state index is 13.7. The first-order chi connectivity index (χ1) is 23.0. The zero-order valence-electron chi connectivity index (χ0n) is 29.2. The number of aliphatic hydroxyl groups is 1. The van der Waals surface area contributed by atoms with Crippen LogP contribution in [-0.2, 0) is 38.1 Å². The van der Waals surface area contributed by atoms with Gasteiger partial charge in [-0.25, -0.2) is 9.59 Å². The van der Waals surface area contributed by atoms with Crippen molar-refractivity contribution in [3.8, 4) is 0 Å². The van der Waals surface area contributed by atoms with Crippen LogP contribution < -0.4 is 0 Å². The van der Waals surface area contributed by atoms with Crippen molar-refractivity contribution < 1.29 is 43.2 Å². The lowest BCUT2D eigenvalue weighted by Gasteiger charge is -2.49. The van der Waals surface area contributed by atoms with Gasteiger partial charge in [0.1, 0.15) is 30.0 Å². The summed E-state index contributed by atoms with van der Waals surface area (Å²) in [6.45, 7) is 7.66. The average molecular weight is 667 g/mol. The first-order valence-electron chi connectivity index (χ1n) is 18.3. The van der Waals surface area contributed by atoms with E-state index in [4.69, 9.17) is 23.7 Å². The van der Waals surface area contributed by atoms with E-state index in [0.29, 0.717) is 24.3 Å². The van der Waals surface area contributed by atoms with Crippen molar-refractivity contribution in [2.24, 2.45) is 35.5 Å². The molecule has 6 aliphatic rings. The number of ether oxygens (including phenoxy) is 5. The van der Waals surface area contributed by atoms with Crippen LogP contribution in [0.4, 0.5) is 0 Å². The summed E-state index contributed by atoms with van der Waals surface area (Å²) in [5.41, 5.74) is 0.535. The molecule has 4 aliphatic carbocycles. The molecule has 264 valence electrons. The van der Waals surface area contributed by atoms with E-state index in [1.807, 2.05) is 32.9 Å². The van der Waals surface area contributed by atoms with E-state index in [0.717, 1.165) is 18.4 Å². The summed E-state index contributed by atoms with van der Waals surface area (Å²) in [6, 6.07) is 0. The third-order valence-corrected chi connectivity index (χ3v) is 12.2. The molecule has 0 radical (unpaired) electrons. The third-order valence-electron chi connectivity index (χ3n) is 12.2. The Kier molecular flexibility index (Phi) is 10.7. The number of cyclic esters (lactones) is 1. The highest BCUT2D eigenvalue weighted by atomic mass is 16.6. The van der Waals surface area contributed by atoms with Gasteiger partial charge in [0.2, 0.25) is 0 Å². The van der Waals surface area contributed by atoms with Gasteiger partial charge in [0, 0.05) is 48.7 Å². The molecule has 2 saturated carbocycles. The van der Waals surface area contributed by atoms with Crippen molar-refractivity contribution in [1.82, 2.24) is 0 Å². The molecular weight excluding hydrogens is 612 g/mol. The second kappa shape index (κ2) is 14.6. The van der Waals surface area contributed by atoms with Crippen LogP contribution in [0.25, 0.3) is 0 Å². The topological polar surface area (TPSA) is 118 Å². The third kappa shape index (κ3) is 6.59. The van der Waals surface area contributed by atoms with Gasteiger partial charge in [-0.05, 0) is 51.0 Å². The summed E-state index contributed by atoms with van der Waals surface area (Å²) in [6.07, 6.45) is 16.8. The molecule has 6 rings (SSSR count). The van der Waals surface area contributed by atoms with Gasteiger partial charge >= 0.3 is 17.9 Å². The van der Waals surface area contributed by atoms with Gasteiger partial charge in [0.25, 0.3) is 0 Å². The largest absolute Gasteiger partial charge is 0.459 e. The zero-order valence-corrected chi connectivity index (χ0v) is 29.2. The number of carbonyl (C=O) groups is 3. The Morgan fingerprint density at radius 2 is 1.92 bits per heavy atom. The molecule has 4 bridgehead atoms. The van der Waals surface area contributed by atoms with Crippen LogP contribution in [0.5, 0.6) is 0 Å². The molecule has 0 aromatic carbocycles. The number of hydrogen-bond acceptors (Lipinski definition) is 9. The molecule has 0 aromatic rings. The summed E-state index contributed by atoms with van der Waals surface area (Å²) in [4.78, 5) is 39.8. The lowest BCUT2D eigenvalue weighted by molar-refractivity contribution is -0.179. The molecule has 9 nitrogen and oxygen atoms in total. The van der Waals surface area contributed by atoms with Crippen LogP contribution in [0.1, 0.15) is 91.9 Å². The van der Waals surface area contributed by atoms with E-state index < -0.39 is 48.2 Å². The van der Waals surface area contributed by atoms with Crippen LogP contribution in [0.15, 0.2) is 47.6 Å². The molecule has 1 spiro atoms. The minimum Gasteiger partial charge on any atom is -0.459 e. The number of aliphatic hydroxyl groups excluding tert-OH is 1. The highest BCUT2D eigenvalue weighted by Gasteiger charge is 2.69. The Bertz CT molecular complexity index is 1340. The van der Waals surface area contributed by atoms with E-state index in [1.54, 1.807) is 13.0 Å². The van der Waals surface area contributed by atoms with Crippen LogP contribution >= 0.6 is 0 Å². The predicted molar refractivity (Wildman–Crippen MR) is 178 cm³/mol. The smallest absolute Gasteiger partial charge is 0.335 e. The molecule has 12 atom stereocenters. The molecule has 1 N–H and O–H groups in total. The molecule has 48 heavy (non-hydrogen) atoms. The molecular formula is C39H54O9. The van der Waals surface area contributed by atoms with E-state index in [9.17, 15) is 19.5 Å². The standard InChI is InChI=1S/C39H54O9/c1-22-20-23(2)39-28(18-19-29-32(39)33(41)24(3)35(36(29)48-39)47-37(42)27-15-9-10-16-27)21-30(44-5)38(43)46-34(22)25(4)45-31(40)17-11-14-26-12-7-6-8-13-26/h9-10,15,18-20,22,24-26,28-30,32-36,41H,6-8,11-14,16-17,21H2,1-5H3/b23-20+/t22-,24-,25-,28?,29-,30+,32+,33-,34+,35-,36-,39+/m1/s1.